The average molecular weight is 442 g/mol. The fourth-order valence-electron chi connectivity index (χ4n) is 5.49. The van der Waals surface area contributed by atoms with Gasteiger partial charge >= 0.3 is 5.82 Å². The van der Waals surface area contributed by atoms with Crippen molar-refractivity contribution in [1.29, 1.82) is 0 Å². The van der Waals surface area contributed by atoms with Crippen molar-refractivity contribution in [2.75, 3.05) is 26.3 Å². The van der Waals surface area contributed by atoms with Crippen LogP contribution >= 0.6 is 0 Å². The number of nitrogens with zero attached hydrogens (tertiary/aromatic N) is 5. The average Bonchev–Trinajstić information content (AvgIpc) is 3.33. The molecule has 0 unspecified atom stereocenters. The molecule has 0 spiro atoms. The van der Waals surface area contributed by atoms with E-state index in [9.17, 15) is 0 Å². The molecule has 1 N–H and O–H groups in total. The van der Waals surface area contributed by atoms with Gasteiger partial charge in [0, 0.05) is 42.5 Å². The van der Waals surface area contributed by atoms with Gasteiger partial charge in [-0.15, -0.1) is 0 Å². The van der Waals surface area contributed by atoms with Crippen LogP contribution in [-0.2, 0) is 4.74 Å². The number of ether oxygens (including phenoxy) is 1. The molecule has 0 radical (unpaired) electrons. The number of H-pyrrole nitrogens is 1. The number of fused-ring (bicyclic) bond motifs is 2. The second kappa shape index (κ2) is 8.65. The Bertz CT molecular complexity index is 1300. The van der Waals surface area contributed by atoms with E-state index < -0.39 is 0 Å². The largest absolute Gasteiger partial charge is 0.379 e. The SMILES string of the molecule is C=[N+](c1ncnc2[nH]cc(-c3ccc4ncccc4c3)c12)C1CCC(N2CCOCC2)CC1. The molecule has 168 valence electrons. The Morgan fingerprint density at radius 1 is 1.03 bits per heavy atom. The van der Waals surface area contributed by atoms with Crippen molar-refractivity contribution < 1.29 is 9.31 Å². The van der Waals surface area contributed by atoms with E-state index in [1.54, 1.807) is 6.33 Å². The fraction of sp³-hybridized carbons (Fsp3) is 0.385. The molecule has 3 aromatic heterocycles. The summed E-state index contributed by atoms with van der Waals surface area (Å²) >= 11 is 0. The zero-order valence-electron chi connectivity index (χ0n) is 18.8. The second-order valence-corrected chi connectivity index (χ2v) is 9.11. The monoisotopic (exact) mass is 441 g/mol. The zero-order valence-corrected chi connectivity index (χ0v) is 18.8. The van der Waals surface area contributed by atoms with Crippen LogP contribution in [0.2, 0.25) is 0 Å². The Balaban J connectivity index is 1.29. The van der Waals surface area contributed by atoms with E-state index in [0.717, 1.165) is 78.0 Å². The lowest BCUT2D eigenvalue weighted by atomic mass is 9.89. The van der Waals surface area contributed by atoms with Crippen LogP contribution in [0.1, 0.15) is 25.7 Å². The molecule has 7 nitrogen and oxygen atoms in total. The van der Waals surface area contributed by atoms with E-state index in [1.165, 1.54) is 12.8 Å². The summed E-state index contributed by atoms with van der Waals surface area (Å²) in [5.74, 6) is 0.900. The summed E-state index contributed by atoms with van der Waals surface area (Å²) in [6.45, 7) is 8.31. The van der Waals surface area contributed by atoms with Crippen LogP contribution < -0.4 is 0 Å². The third-order valence-electron chi connectivity index (χ3n) is 7.30. The molecule has 0 atom stereocenters. The molecule has 1 aliphatic carbocycles. The highest BCUT2D eigenvalue weighted by molar-refractivity contribution is 6.00. The number of aromatic amines is 1. The van der Waals surface area contributed by atoms with E-state index in [4.69, 9.17) is 9.72 Å². The van der Waals surface area contributed by atoms with Crippen LogP contribution in [-0.4, -0.2) is 74.5 Å². The number of hydrogen-bond donors (Lipinski definition) is 1. The quantitative estimate of drug-likeness (QED) is 0.380. The summed E-state index contributed by atoms with van der Waals surface area (Å²) in [6.07, 6.45) is 10.1. The molecule has 0 amide bonds. The number of nitrogens with one attached hydrogen (secondary N) is 1. The van der Waals surface area contributed by atoms with Gasteiger partial charge in [0.25, 0.3) is 0 Å². The zero-order chi connectivity index (χ0) is 22.2. The third kappa shape index (κ3) is 3.81. The van der Waals surface area contributed by atoms with Crippen LogP contribution in [0.15, 0.2) is 49.1 Å². The molecule has 0 bridgehead atoms. The van der Waals surface area contributed by atoms with Crippen molar-refractivity contribution in [1.82, 2.24) is 24.8 Å². The van der Waals surface area contributed by atoms with Gasteiger partial charge in [-0.3, -0.25) is 9.88 Å². The summed E-state index contributed by atoms with van der Waals surface area (Å²) in [5.41, 5.74) is 4.06. The van der Waals surface area contributed by atoms with Gasteiger partial charge in [-0.25, -0.2) is 4.58 Å². The Hall–Kier alpha value is -3.16. The molecule has 1 saturated carbocycles. The summed E-state index contributed by atoms with van der Waals surface area (Å²) in [6, 6.07) is 11.5. The van der Waals surface area contributed by atoms with Crippen LogP contribution in [0.25, 0.3) is 33.1 Å². The van der Waals surface area contributed by atoms with Crippen molar-refractivity contribution in [2.24, 2.45) is 0 Å². The highest BCUT2D eigenvalue weighted by atomic mass is 16.5. The first kappa shape index (κ1) is 20.4. The van der Waals surface area contributed by atoms with E-state index >= 15 is 0 Å². The first-order valence-electron chi connectivity index (χ1n) is 11.9. The normalized spacial score (nSPS) is 22.1. The van der Waals surface area contributed by atoms with Crippen LogP contribution in [0.5, 0.6) is 0 Å². The molecule has 1 saturated heterocycles. The number of pyridine rings is 1. The predicted molar refractivity (Wildman–Crippen MR) is 130 cm³/mol. The van der Waals surface area contributed by atoms with E-state index in [1.807, 2.05) is 18.5 Å². The molecule has 2 aliphatic rings. The molecule has 1 aromatic carbocycles. The molecule has 4 heterocycles. The van der Waals surface area contributed by atoms with Crippen molar-refractivity contribution in [3.05, 3.63) is 49.1 Å². The third-order valence-corrected chi connectivity index (χ3v) is 7.30. The standard InChI is InChI=1S/C26H29N6O/c1-31(20-5-7-21(8-6-20)32-11-13-33-14-12-32)26-24-22(16-28-25(24)29-17-30-26)18-4-9-23-19(15-18)3-2-10-27-23/h2-4,9-10,15-17,20-21H,1,5-8,11-14H2,(H,28,29,30)/q+1. The van der Waals surface area contributed by atoms with Crippen molar-refractivity contribution in [2.45, 2.75) is 37.8 Å². The van der Waals surface area contributed by atoms with Gasteiger partial charge in [-0.1, -0.05) is 12.1 Å². The number of benzene rings is 1. The molecular weight excluding hydrogens is 412 g/mol. The molecule has 2 fully saturated rings. The number of aromatic nitrogens is 4. The highest BCUT2D eigenvalue weighted by Crippen LogP contribution is 2.36. The van der Waals surface area contributed by atoms with E-state index in [0.29, 0.717) is 12.1 Å². The molecule has 6 rings (SSSR count). The number of morpholine rings is 1. The minimum atomic E-state index is 0.379. The van der Waals surface area contributed by atoms with Gasteiger partial charge in [-0.2, -0.15) is 4.98 Å². The molecular formula is C26H29N6O+. The Kier molecular flexibility index (Phi) is 5.36. The Morgan fingerprint density at radius 3 is 2.73 bits per heavy atom. The lowest BCUT2D eigenvalue weighted by molar-refractivity contribution is -0.484. The van der Waals surface area contributed by atoms with Crippen LogP contribution in [0, 0.1) is 0 Å². The van der Waals surface area contributed by atoms with Gasteiger partial charge < -0.3 is 9.72 Å². The van der Waals surface area contributed by atoms with E-state index in [2.05, 4.69) is 55.4 Å². The maximum Gasteiger partial charge on any atom is 0.336 e. The lowest BCUT2D eigenvalue weighted by Gasteiger charge is -2.38. The first-order chi connectivity index (χ1) is 16.3. The Labute approximate surface area is 193 Å². The van der Waals surface area contributed by atoms with Crippen molar-refractivity contribution in [3.8, 4) is 11.1 Å². The van der Waals surface area contributed by atoms with Crippen molar-refractivity contribution >= 4 is 34.5 Å². The summed E-state index contributed by atoms with van der Waals surface area (Å²) in [7, 11) is 0. The van der Waals surface area contributed by atoms with Crippen LogP contribution in [0.3, 0.4) is 0 Å². The van der Waals surface area contributed by atoms with Gasteiger partial charge in [0.15, 0.2) is 5.65 Å². The smallest absolute Gasteiger partial charge is 0.336 e. The molecule has 1 aliphatic heterocycles. The summed E-state index contributed by atoms with van der Waals surface area (Å²) < 4.78 is 7.67. The molecule has 33 heavy (non-hydrogen) atoms. The van der Waals surface area contributed by atoms with Crippen molar-refractivity contribution in [3.63, 3.8) is 0 Å². The van der Waals surface area contributed by atoms with Gasteiger partial charge in [0.2, 0.25) is 6.33 Å². The second-order valence-electron chi connectivity index (χ2n) is 9.11. The fourth-order valence-corrected chi connectivity index (χ4v) is 5.49. The topological polar surface area (TPSA) is 69.9 Å². The van der Waals surface area contributed by atoms with Gasteiger partial charge in [0.05, 0.1) is 25.4 Å². The summed E-state index contributed by atoms with van der Waals surface area (Å²) in [5, 5.41) is 2.15. The highest BCUT2D eigenvalue weighted by Gasteiger charge is 2.32. The minimum absolute atomic E-state index is 0.379. The Morgan fingerprint density at radius 2 is 1.88 bits per heavy atom. The molecule has 7 heteroatoms. The number of hydrogen-bond acceptors (Lipinski definition) is 5. The lowest BCUT2D eigenvalue weighted by Crippen LogP contribution is -2.46. The summed E-state index contributed by atoms with van der Waals surface area (Å²) in [4.78, 5) is 19.6. The van der Waals surface area contributed by atoms with Gasteiger partial charge in [-0.05, 0) is 54.4 Å². The van der Waals surface area contributed by atoms with Gasteiger partial charge in [0.1, 0.15) is 11.4 Å². The minimum Gasteiger partial charge on any atom is -0.379 e. The predicted octanol–water partition coefficient (Wildman–Crippen LogP) is 4.16. The first-order valence-corrected chi connectivity index (χ1v) is 11.9. The number of rotatable bonds is 4. The maximum absolute atomic E-state index is 5.53. The molecule has 4 aromatic rings. The maximum atomic E-state index is 5.53. The van der Waals surface area contributed by atoms with E-state index in [-0.39, 0.29) is 0 Å². The van der Waals surface area contributed by atoms with Crippen LogP contribution in [0.4, 0.5) is 5.82 Å².